The van der Waals surface area contributed by atoms with Gasteiger partial charge in [0.25, 0.3) is 0 Å². The number of aryl methyl sites for hydroxylation is 1. The van der Waals surface area contributed by atoms with E-state index in [1.165, 1.54) is 0 Å². The zero-order chi connectivity index (χ0) is 14.8. The van der Waals surface area contributed by atoms with Crippen LogP contribution >= 0.6 is 0 Å². The molecular formula is C15H26N4O. The van der Waals surface area contributed by atoms with E-state index in [0.29, 0.717) is 5.69 Å². The number of rotatable bonds is 5. The van der Waals surface area contributed by atoms with Gasteiger partial charge in [-0.05, 0) is 52.1 Å². The molecular weight excluding hydrogens is 252 g/mol. The molecule has 5 heteroatoms. The Bertz CT molecular complexity index is 458. The summed E-state index contributed by atoms with van der Waals surface area (Å²) in [4.78, 5) is 15.2. The first-order chi connectivity index (χ1) is 9.51. The summed E-state index contributed by atoms with van der Waals surface area (Å²) >= 11 is 0. The van der Waals surface area contributed by atoms with Crippen LogP contribution in [0, 0.1) is 5.92 Å². The zero-order valence-electron chi connectivity index (χ0n) is 13.1. The van der Waals surface area contributed by atoms with E-state index in [1.54, 1.807) is 10.9 Å². The third-order valence-corrected chi connectivity index (χ3v) is 4.67. The highest BCUT2D eigenvalue weighted by molar-refractivity contribution is 6.01. The fourth-order valence-corrected chi connectivity index (χ4v) is 3.17. The van der Waals surface area contributed by atoms with Crippen molar-refractivity contribution in [2.24, 2.45) is 5.92 Å². The molecule has 2 rings (SSSR count). The molecule has 0 N–H and O–H groups in total. The van der Waals surface area contributed by atoms with E-state index in [4.69, 9.17) is 0 Å². The van der Waals surface area contributed by atoms with Crippen LogP contribution in [0.5, 0.6) is 0 Å². The Morgan fingerprint density at radius 1 is 1.45 bits per heavy atom. The Labute approximate surface area is 121 Å². The van der Waals surface area contributed by atoms with E-state index < -0.39 is 0 Å². The maximum Gasteiger partial charge on any atom is 0.202 e. The van der Waals surface area contributed by atoms with Crippen molar-refractivity contribution in [1.29, 1.82) is 0 Å². The molecule has 1 aliphatic carbocycles. The molecule has 1 fully saturated rings. The van der Waals surface area contributed by atoms with Gasteiger partial charge < -0.3 is 0 Å². The van der Waals surface area contributed by atoms with Crippen LogP contribution in [-0.4, -0.2) is 45.3 Å². The number of carbonyl (C=O) groups excluding carboxylic acids is 1. The summed E-state index contributed by atoms with van der Waals surface area (Å²) in [5, 5.41) is 7.99. The molecule has 0 aromatic carbocycles. The number of aromatic nitrogens is 3. The smallest absolute Gasteiger partial charge is 0.202 e. The van der Waals surface area contributed by atoms with Crippen LogP contribution in [0.1, 0.15) is 56.4 Å². The monoisotopic (exact) mass is 278 g/mol. The zero-order valence-corrected chi connectivity index (χ0v) is 13.1. The van der Waals surface area contributed by atoms with Gasteiger partial charge >= 0.3 is 0 Å². The molecule has 0 unspecified atom stereocenters. The lowest BCUT2D eigenvalue weighted by Crippen LogP contribution is -2.53. The molecule has 1 heterocycles. The second kappa shape index (κ2) is 6.04. The highest BCUT2D eigenvalue weighted by Crippen LogP contribution is 2.37. The minimum atomic E-state index is -0.375. The van der Waals surface area contributed by atoms with Gasteiger partial charge in [0.15, 0.2) is 0 Å². The lowest BCUT2D eigenvalue weighted by molar-refractivity contribution is 0.0501. The number of nitrogens with zero attached hydrogens (tertiary/aromatic N) is 4. The Hall–Kier alpha value is -1.23. The minimum absolute atomic E-state index is 0.188. The van der Waals surface area contributed by atoms with E-state index in [-0.39, 0.29) is 11.3 Å². The van der Waals surface area contributed by atoms with Gasteiger partial charge in [-0.3, -0.25) is 9.69 Å². The van der Waals surface area contributed by atoms with Crippen molar-refractivity contribution < 1.29 is 4.79 Å². The van der Waals surface area contributed by atoms with Crippen LogP contribution < -0.4 is 0 Å². The molecule has 1 saturated carbocycles. The van der Waals surface area contributed by atoms with Crippen molar-refractivity contribution in [3.63, 3.8) is 0 Å². The molecule has 0 radical (unpaired) electrons. The highest BCUT2D eigenvalue weighted by Gasteiger charge is 2.44. The molecule has 0 atom stereocenters. The number of hydrogen-bond acceptors (Lipinski definition) is 4. The lowest BCUT2D eigenvalue weighted by Gasteiger charge is -2.43. The summed E-state index contributed by atoms with van der Waals surface area (Å²) in [6.45, 7) is 5.11. The number of hydrogen-bond donors (Lipinski definition) is 0. The fraction of sp³-hybridized carbons (Fsp3) is 0.800. The predicted octanol–water partition coefficient (Wildman–Crippen LogP) is 2.38. The van der Waals surface area contributed by atoms with Gasteiger partial charge in [-0.15, -0.1) is 5.10 Å². The third kappa shape index (κ3) is 2.64. The van der Waals surface area contributed by atoms with Gasteiger partial charge in [0.05, 0.1) is 11.7 Å². The Morgan fingerprint density at radius 2 is 2.10 bits per heavy atom. The van der Waals surface area contributed by atoms with Gasteiger partial charge in [0.2, 0.25) is 5.78 Å². The maximum atomic E-state index is 13.1. The van der Waals surface area contributed by atoms with Crippen molar-refractivity contribution in [3.05, 3.63) is 11.9 Å². The SMILES string of the molecule is CCCn1nncc1C(=O)C1(N(C)C)CCC(C)CC1. The second-order valence-electron chi connectivity index (χ2n) is 6.28. The first-order valence-corrected chi connectivity index (χ1v) is 7.62. The van der Waals surface area contributed by atoms with Crippen LogP contribution in [0.15, 0.2) is 6.20 Å². The van der Waals surface area contributed by atoms with Crippen LogP contribution in [0.2, 0.25) is 0 Å². The first-order valence-electron chi connectivity index (χ1n) is 7.62. The van der Waals surface area contributed by atoms with E-state index in [0.717, 1.165) is 44.6 Å². The summed E-state index contributed by atoms with van der Waals surface area (Å²) in [5.74, 6) is 0.905. The van der Waals surface area contributed by atoms with Gasteiger partial charge in [0, 0.05) is 6.54 Å². The van der Waals surface area contributed by atoms with Crippen molar-refractivity contribution in [3.8, 4) is 0 Å². The van der Waals surface area contributed by atoms with Crippen molar-refractivity contribution >= 4 is 5.78 Å². The fourth-order valence-electron chi connectivity index (χ4n) is 3.17. The lowest BCUT2D eigenvalue weighted by atomic mass is 9.73. The third-order valence-electron chi connectivity index (χ3n) is 4.67. The molecule has 112 valence electrons. The Morgan fingerprint density at radius 3 is 2.65 bits per heavy atom. The largest absolute Gasteiger partial charge is 0.297 e. The van der Waals surface area contributed by atoms with Gasteiger partial charge in [-0.1, -0.05) is 19.1 Å². The summed E-state index contributed by atoms with van der Waals surface area (Å²) in [7, 11) is 4.03. The molecule has 20 heavy (non-hydrogen) atoms. The molecule has 0 bridgehead atoms. The van der Waals surface area contributed by atoms with Crippen LogP contribution in [0.4, 0.5) is 0 Å². The molecule has 0 aliphatic heterocycles. The topological polar surface area (TPSA) is 51.0 Å². The molecule has 5 nitrogen and oxygen atoms in total. The van der Waals surface area contributed by atoms with Crippen molar-refractivity contribution in [2.75, 3.05) is 14.1 Å². The second-order valence-corrected chi connectivity index (χ2v) is 6.28. The quantitative estimate of drug-likeness (QED) is 0.776. The minimum Gasteiger partial charge on any atom is -0.297 e. The molecule has 0 amide bonds. The van der Waals surface area contributed by atoms with Gasteiger partial charge in [0.1, 0.15) is 5.69 Å². The Balaban J connectivity index is 2.30. The normalized spacial score (nSPS) is 26.9. The predicted molar refractivity (Wildman–Crippen MR) is 78.7 cm³/mol. The van der Waals surface area contributed by atoms with E-state index >= 15 is 0 Å². The number of carbonyl (C=O) groups is 1. The molecule has 1 aromatic rings. The van der Waals surface area contributed by atoms with E-state index in [1.807, 2.05) is 14.1 Å². The van der Waals surface area contributed by atoms with Crippen molar-refractivity contribution in [1.82, 2.24) is 19.9 Å². The van der Waals surface area contributed by atoms with Crippen LogP contribution in [-0.2, 0) is 6.54 Å². The summed E-state index contributed by atoms with van der Waals surface area (Å²) in [6, 6.07) is 0. The number of likely N-dealkylation sites (N-methyl/N-ethyl adjacent to an activating group) is 1. The number of Topliss-reactive ketones (excluding diaryl/α,β-unsaturated/α-hetero) is 1. The van der Waals surface area contributed by atoms with Crippen LogP contribution in [0.25, 0.3) is 0 Å². The Kier molecular flexibility index (Phi) is 4.58. The molecule has 0 saturated heterocycles. The number of ketones is 1. The van der Waals surface area contributed by atoms with Crippen LogP contribution in [0.3, 0.4) is 0 Å². The van der Waals surface area contributed by atoms with Gasteiger partial charge in [-0.2, -0.15) is 0 Å². The summed E-state index contributed by atoms with van der Waals surface area (Å²) in [5.41, 5.74) is 0.287. The average Bonchev–Trinajstić information content (AvgIpc) is 2.87. The maximum absolute atomic E-state index is 13.1. The molecule has 0 spiro atoms. The molecule has 1 aliphatic rings. The standard InChI is InChI=1S/C15H26N4O/c1-5-10-19-13(11-16-17-19)14(20)15(18(3)4)8-6-12(2)7-9-15/h11-12H,5-10H2,1-4H3. The summed E-state index contributed by atoms with van der Waals surface area (Å²) < 4.78 is 1.76. The first kappa shape index (κ1) is 15.2. The highest BCUT2D eigenvalue weighted by atomic mass is 16.1. The van der Waals surface area contributed by atoms with E-state index in [2.05, 4.69) is 29.1 Å². The average molecular weight is 278 g/mol. The van der Waals surface area contributed by atoms with Crippen molar-refractivity contribution in [2.45, 2.75) is 58.0 Å². The van der Waals surface area contributed by atoms with Gasteiger partial charge in [-0.25, -0.2) is 4.68 Å². The summed E-state index contributed by atoms with van der Waals surface area (Å²) in [6.07, 6.45) is 6.66. The van der Waals surface area contributed by atoms with E-state index in [9.17, 15) is 4.79 Å². The molecule has 1 aromatic heterocycles.